The summed E-state index contributed by atoms with van der Waals surface area (Å²) < 4.78 is 5.54. The lowest BCUT2D eigenvalue weighted by atomic mass is 9.61. The summed E-state index contributed by atoms with van der Waals surface area (Å²) in [5.74, 6) is 0.734. The third kappa shape index (κ3) is 3.99. The summed E-state index contributed by atoms with van der Waals surface area (Å²) in [6.07, 6.45) is 9.19. The van der Waals surface area contributed by atoms with E-state index in [0.29, 0.717) is 18.5 Å². The number of fused-ring (bicyclic) bond motifs is 2. The van der Waals surface area contributed by atoms with Crippen molar-refractivity contribution in [3.63, 3.8) is 0 Å². The summed E-state index contributed by atoms with van der Waals surface area (Å²) in [4.78, 5) is 22.3. The van der Waals surface area contributed by atoms with Gasteiger partial charge in [0.2, 0.25) is 5.91 Å². The number of piperidine rings is 1. The minimum absolute atomic E-state index is 0.238. The van der Waals surface area contributed by atoms with E-state index in [1.54, 1.807) is 0 Å². The molecule has 4 aliphatic rings. The first kappa shape index (κ1) is 19.9. The highest BCUT2D eigenvalue weighted by Gasteiger charge is 2.50. The molecule has 1 aromatic rings. The molecule has 5 rings (SSSR count). The average Bonchev–Trinajstić information content (AvgIpc) is 3.20. The van der Waals surface area contributed by atoms with Gasteiger partial charge in [0.1, 0.15) is 5.01 Å². The predicted octanol–water partition coefficient (Wildman–Crippen LogP) is 2.12. The third-order valence-corrected chi connectivity index (χ3v) is 8.83. The number of rotatable bonds is 4. The quantitative estimate of drug-likeness (QED) is 0.784. The van der Waals surface area contributed by atoms with Crippen LogP contribution in [0, 0.1) is 11.3 Å². The lowest BCUT2D eigenvalue weighted by Gasteiger charge is -2.50. The van der Waals surface area contributed by atoms with Crippen LogP contribution in [0.2, 0.25) is 0 Å². The van der Waals surface area contributed by atoms with Crippen molar-refractivity contribution in [2.45, 2.75) is 64.0 Å². The second-order valence-corrected chi connectivity index (χ2v) is 10.4. The maximum Gasteiger partial charge on any atom is 0.228 e. The van der Waals surface area contributed by atoms with Gasteiger partial charge < -0.3 is 15.4 Å². The van der Waals surface area contributed by atoms with E-state index in [2.05, 4.69) is 15.5 Å². The molecule has 1 amide bonds. The Morgan fingerprint density at radius 1 is 1.28 bits per heavy atom. The zero-order valence-corrected chi connectivity index (χ0v) is 18.2. The van der Waals surface area contributed by atoms with Gasteiger partial charge in [-0.25, -0.2) is 4.98 Å². The Bertz CT molecular complexity index is 709. The lowest BCUT2D eigenvalue weighted by molar-refractivity contribution is -0.140. The first-order valence-electron chi connectivity index (χ1n) is 11.5. The van der Waals surface area contributed by atoms with Gasteiger partial charge in [-0.1, -0.05) is 0 Å². The molecule has 3 fully saturated rings. The Hall–Kier alpha value is -1.02. The van der Waals surface area contributed by atoms with Crippen LogP contribution in [0.4, 0.5) is 0 Å². The highest BCUT2D eigenvalue weighted by Crippen LogP contribution is 2.46. The van der Waals surface area contributed by atoms with Crippen LogP contribution in [0.5, 0.6) is 0 Å². The van der Waals surface area contributed by atoms with Crippen molar-refractivity contribution in [2.24, 2.45) is 11.3 Å². The summed E-state index contributed by atoms with van der Waals surface area (Å²) in [7, 11) is 0. The van der Waals surface area contributed by atoms with Gasteiger partial charge in [-0.3, -0.25) is 9.69 Å². The van der Waals surface area contributed by atoms with Crippen molar-refractivity contribution in [1.29, 1.82) is 0 Å². The Morgan fingerprint density at radius 2 is 2.14 bits per heavy atom. The molecule has 160 valence electrons. The summed E-state index contributed by atoms with van der Waals surface area (Å²) in [6, 6.07) is 0.619. The molecule has 0 radical (unpaired) electrons. The second-order valence-electron chi connectivity index (χ2n) is 9.26. The maximum absolute atomic E-state index is 13.4. The monoisotopic (exact) mass is 418 g/mol. The summed E-state index contributed by atoms with van der Waals surface area (Å²) in [5.41, 5.74) is 1.05. The van der Waals surface area contributed by atoms with Crippen molar-refractivity contribution in [3.8, 4) is 0 Å². The molecular weight excluding hydrogens is 384 g/mol. The van der Waals surface area contributed by atoms with E-state index in [-0.39, 0.29) is 11.3 Å². The van der Waals surface area contributed by atoms with Crippen LogP contribution in [-0.4, -0.2) is 61.2 Å². The Labute approximate surface area is 177 Å². The van der Waals surface area contributed by atoms with Crippen molar-refractivity contribution in [2.75, 3.05) is 39.4 Å². The highest BCUT2D eigenvalue weighted by molar-refractivity contribution is 7.11. The Morgan fingerprint density at radius 3 is 3.00 bits per heavy atom. The summed E-state index contributed by atoms with van der Waals surface area (Å²) in [5, 5.41) is 7.92. The molecule has 0 unspecified atom stereocenters. The van der Waals surface area contributed by atoms with E-state index in [0.717, 1.165) is 76.5 Å². The van der Waals surface area contributed by atoms with E-state index >= 15 is 0 Å². The molecular formula is C22H34N4O2S. The molecule has 2 aliphatic carbocycles. The number of aromatic nitrogens is 1. The van der Waals surface area contributed by atoms with E-state index in [1.165, 1.54) is 29.8 Å². The zero-order chi connectivity index (χ0) is 19.7. The fourth-order valence-electron chi connectivity index (χ4n) is 5.98. The van der Waals surface area contributed by atoms with Crippen LogP contribution in [0.25, 0.3) is 0 Å². The molecule has 0 spiro atoms. The number of carbonyl (C=O) groups is 1. The molecule has 3 heterocycles. The van der Waals surface area contributed by atoms with Crippen LogP contribution < -0.4 is 10.6 Å². The standard InChI is InChI=1S/C22H34N4O2S/c27-21(24-14-20-25-18-3-1-2-4-19(18)29-20)22-7-5-17(26-9-11-28-12-10-26)13-16(22)6-8-23-15-22/h16-17,23H,1-15H2,(H,24,27)/t16-,17-,22-/m1/s1. The van der Waals surface area contributed by atoms with Gasteiger partial charge in [-0.05, 0) is 63.8 Å². The lowest BCUT2D eigenvalue weighted by Crippen LogP contribution is -2.60. The molecule has 7 heteroatoms. The van der Waals surface area contributed by atoms with Crippen molar-refractivity contribution < 1.29 is 9.53 Å². The van der Waals surface area contributed by atoms with Crippen LogP contribution in [0.1, 0.15) is 54.1 Å². The molecule has 2 saturated heterocycles. The van der Waals surface area contributed by atoms with Crippen LogP contribution >= 0.6 is 11.3 Å². The van der Waals surface area contributed by atoms with Crippen LogP contribution in [-0.2, 0) is 28.9 Å². The summed E-state index contributed by atoms with van der Waals surface area (Å²) >= 11 is 1.81. The third-order valence-electron chi connectivity index (χ3n) is 7.68. The number of amides is 1. The van der Waals surface area contributed by atoms with Gasteiger partial charge in [0.05, 0.1) is 30.9 Å². The van der Waals surface area contributed by atoms with E-state index in [1.807, 2.05) is 11.3 Å². The minimum atomic E-state index is -0.238. The van der Waals surface area contributed by atoms with Crippen LogP contribution in [0.3, 0.4) is 0 Å². The normalized spacial score (nSPS) is 33.0. The SMILES string of the molecule is O=C(NCc1nc2c(s1)CCCC2)[C@@]12CC[C@@H](N3CCOCC3)C[C@H]1CCNC2. The average molecular weight is 419 g/mol. The van der Waals surface area contributed by atoms with Crippen molar-refractivity contribution >= 4 is 17.2 Å². The number of aryl methyl sites for hydroxylation is 2. The molecule has 2 N–H and O–H groups in total. The number of nitrogens with one attached hydrogen (secondary N) is 2. The largest absolute Gasteiger partial charge is 0.379 e. The molecule has 1 aromatic heterocycles. The van der Waals surface area contributed by atoms with Crippen molar-refractivity contribution in [3.05, 3.63) is 15.6 Å². The molecule has 3 atom stereocenters. The fourth-order valence-corrected chi connectivity index (χ4v) is 7.08. The smallest absolute Gasteiger partial charge is 0.228 e. The number of nitrogens with zero attached hydrogens (tertiary/aromatic N) is 2. The van der Waals surface area contributed by atoms with Gasteiger partial charge in [0, 0.05) is 30.6 Å². The van der Waals surface area contributed by atoms with E-state index in [4.69, 9.17) is 9.72 Å². The summed E-state index contributed by atoms with van der Waals surface area (Å²) in [6.45, 7) is 6.26. The predicted molar refractivity (Wildman–Crippen MR) is 114 cm³/mol. The fraction of sp³-hybridized carbons (Fsp3) is 0.818. The Balaban J connectivity index is 1.24. The maximum atomic E-state index is 13.4. The molecule has 6 nitrogen and oxygen atoms in total. The topological polar surface area (TPSA) is 66.5 Å². The van der Waals surface area contributed by atoms with Crippen LogP contribution in [0.15, 0.2) is 0 Å². The number of morpholine rings is 1. The molecule has 29 heavy (non-hydrogen) atoms. The van der Waals surface area contributed by atoms with E-state index < -0.39 is 0 Å². The van der Waals surface area contributed by atoms with Gasteiger partial charge in [-0.2, -0.15) is 0 Å². The van der Waals surface area contributed by atoms with Gasteiger partial charge >= 0.3 is 0 Å². The number of hydrogen-bond donors (Lipinski definition) is 2. The number of thiazole rings is 1. The highest BCUT2D eigenvalue weighted by atomic mass is 32.1. The van der Waals surface area contributed by atoms with Gasteiger partial charge in [-0.15, -0.1) is 11.3 Å². The number of hydrogen-bond acceptors (Lipinski definition) is 6. The zero-order valence-electron chi connectivity index (χ0n) is 17.4. The second kappa shape index (κ2) is 8.61. The molecule has 0 aromatic carbocycles. The minimum Gasteiger partial charge on any atom is -0.379 e. The van der Waals surface area contributed by atoms with Gasteiger partial charge in [0.15, 0.2) is 0 Å². The number of carbonyl (C=O) groups excluding carboxylic acids is 1. The first-order valence-corrected chi connectivity index (χ1v) is 12.3. The van der Waals surface area contributed by atoms with E-state index in [9.17, 15) is 4.79 Å². The number of ether oxygens (including phenoxy) is 1. The molecule has 1 saturated carbocycles. The van der Waals surface area contributed by atoms with Crippen molar-refractivity contribution in [1.82, 2.24) is 20.5 Å². The molecule has 0 bridgehead atoms. The molecule has 2 aliphatic heterocycles. The van der Waals surface area contributed by atoms with Gasteiger partial charge in [0.25, 0.3) is 0 Å². The Kier molecular flexibility index (Phi) is 5.92. The first-order chi connectivity index (χ1) is 14.2.